The molecule has 0 N–H and O–H groups in total. The topological polar surface area (TPSA) is 0 Å². The SMILES string of the molecule is [F-].[H-].[H-].[K+].[Li+].[Na+]. The van der Waals surface area contributed by atoms with E-state index < -0.39 is 0 Å². The largest absolute Gasteiger partial charge is 1.00 e. The molecule has 0 heterocycles. The molecule has 0 aromatic carbocycles. The summed E-state index contributed by atoms with van der Waals surface area (Å²) in [7, 11) is 0. The molecule has 0 bridgehead atoms. The Morgan fingerprint density at radius 1 is 1.25 bits per heavy atom. The van der Waals surface area contributed by atoms with Crippen molar-refractivity contribution in [3.63, 3.8) is 0 Å². The molecule has 0 aliphatic carbocycles. The molecule has 0 radical (unpaired) electrons. The molecule has 0 aromatic rings. The minimum absolute atomic E-state index is 0. The van der Waals surface area contributed by atoms with Gasteiger partial charge in [-0.1, -0.05) is 0 Å². The van der Waals surface area contributed by atoms with Gasteiger partial charge in [0.15, 0.2) is 0 Å². The molecule has 0 saturated heterocycles. The van der Waals surface area contributed by atoms with E-state index in [4.69, 9.17) is 0 Å². The summed E-state index contributed by atoms with van der Waals surface area (Å²) in [5.41, 5.74) is 0. The van der Waals surface area contributed by atoms with Crippen molar-refractivity contribution in [2.45, 2.75) is 0 Å². The summed E-state index contributed by atoms with van der Waals surface area (Å²) in [6, 6.07) is 0. The summed E-state index contributed by atoms with van der Waals surface area (Å²) in [6.45, 7) is 0. The third-order valence-electron chi connectivity index (χ3n) is 0. The van der Waals surface area contributed by atoms with Gasteiger partial charge in [-0.05, 0) is 0 Å². The maximum atomic E-state index is 0. The molecule has 0 spiro atoms. The van der Waals surface area contributed by atoms with Crippen LogP contribution in [0.5, 0.6) is 0 Å². The first-order valence-electron chi connectivity index (χ1n) is 0. The second-order valence-corrected chi connectivity index (χ2v) is 0. The summed E-state index contributed by atoms with van der Waals surface area (Å²) >= 11 is 0. The molecule has 0 rings (SSSR count). The van der Waals surface area contributed by atoms with Crippen molar-refractivity contribution < 1.29 is 107 Å². The monoisotopic (exact) mass is 90.0 g/mol. The Balaban J connectivity index is 0. The van der Waals surface area contributed by atoms with Crippen LogP contribution in [0, 0.1) is 0 Å². The van der Waals surface area contributed by atoms with Crippen LogP contribution in [-0.2, 0) is 0 Å². The Bertz CT molecular complexity index is 13.5. The van der Waals surface area contributed by atoms with Crippen molar-refractivity contribution in [3.05, 3.63) is 0 Å². The van der Waals surface area contributed by atoms with Crippen molar-refractivity contribution in [1.29, 1.82) is 0 Å². The average Bonchev–Trinajstić information content (AvgIpc) is 0. The van der Waals surface area contributed by atoms with Crippen LogP contribution in [0.4, 0.5) is 0 Å². The molecule has 0 fully saturated rings. The van der Waals surface area contributed by atoms with Crippen LogP contribution < -0.4 is 105 Å². The summed E-state index contributed by atoms with van der Waals surface area (Å²) in [6.07, 6.45) is 0. The molecule has 0 atom stereocenters. The van der Waals surface area contributed by atoms with Crippen LogP contribution in [-0.4, -0.2) is 0 Å². The molecule has 0 nitrogen and oxygen atoms in total. The third-order valence-corrected chi connectivity index (χ3v) is 0. The van der Waals surface area contributed by atoms with Crippen molar-refractivity contribution in [3.8, 4) is 0 Å². The van der Waals surface area contributed by atoms with E-state index in [1.807, 2.05) is 0 Å². The Labute approximate surface area is 105 Å². The fourth-order valence-electron chi connectivity index (χ4n) is 0. The van der Waals surface area contributed by atoms with Gasteiger partial charge in [0.25, 0.3) is 0 Å². The van der Waals surface area contributed by atoms with Crippen molar-refractivity contribution >= 4 is 0 Å². The molecule has 0 aliphatic rings. The predicted molar refractivity (Wildman–Crippen MR) is 2.22 cm³/mol. The Hall–Kier alpha value is 3.16. The zero-order valence-corrected chi connectivity index (χ0v) is 8.50. The van der Waals surface area contributed by atoms with Crippen molar-refractivity contribution in [2.75, 3.05) is 0 Å². The van der Waals surface area contributed by atoms with Crippen LogP contribution in [0.2, 0.25) is 0 Å². The first-order valence-corrected chi connectivity index (χ1v) is 0. The van der Waals surface area contributed by atoms with Crippen LogP contribution in [0.15, 0.2) is 0 Å². The van der Waals surface area contributed by atoms with Gasteiger partial charge in [-0.25, -0.2) is 0 Å². The summed E-state index contributed by atoms with van der Waals surface area (Å²) < 4.78 is 0. The smallest absolute Gasteiger partial charge is 1.00 e. The first-order chi connectivity index (χ1) is 0. The minimum atomic E-state index is 0. The zero-order chi connectivity index (χ0) is 0. The van der Waals surface area contributed by atoms with Crippen LogP contribution in [0.3, 0.4) is 0 Å². The van der Waals surface area contributed by atoms with E-state index in [2.05, 4.69) is 0 Å². The molecular weight excluding hydrogens is 88.0 g/mol. The first kappa shape index (κ1) is 27.2. The Morgan fingerprint density at radius 2 is 1.25 bits per heavy atom. The van der Waals surface area contributed by atoms with E-state index in [0.717, 1.165) is 0 Å². The quantitative estimate of drug-likeness (QED) is 0.259. The van der Waals surface area contributed by atoms with E-state index in [0.29, 0.717) is 0 Å². The van der Waals surface area contributed by atoms with Crippen LogP contribution in [0.1, 0.15) is 2.85 Å². The van der Waals surface area contributed by atoms with E-state index in [9.17, 15) is 0 Å². The number of rotatable bonds is 0. The fraction of sp³-hybridized carbons (Fsp3) is 0. The van der Waals surface area contributed by atoms with Gasteiger partial charge in [0.1, 0.15) is 0 Å². The molecule has 0 unspecified atom stereocenters. The van der Waals surface area contributed by atoms with Crippen LogP contribution in [0.25, 0.3) is 0 Å². The van der Waals surface area contributed by atoms with Crippen LogP contribution >= 0.6 is 0 Å². The minimum Gasteiger partial charge on any atom is -1.00 e. The summed E-state index contributed by atoms with van der Waals surface area (Å²) in [5.74, 6) is 0. The molecule has 0 saturated carbocycles. The van der Waals surface area contributed by atoms with Gasteiger partial charge in [0, 0.05) is 0 Å². The Kier molecular flexibility index (Phi) is 112. The Morgan fingerprint density at radius 3 is 1.25 bits per heavy atom. The summed E-state index contributed by atoms with van der Waals surface area (Å²) in [5, 5.41) is 0. The van der Waals surface area contributed by atoms with Crippen molar-refractivity contribution in [2.24, 2.45) is 0 Å². The standard InChI is InChI=1S/FH.K.Li.Na.2H/h1H;;;;;/q;3*+1;2*-1/p-1. The number of hydrogen-bond acceptors (Lipinski definition) is 0. The van der Waals surface area contributed by atoms with E-state index in [1.54, 1.807) is 0 Å². The summed E-state index contributed by atoms with van der Waals surface area (Å²) in [4.78, 5) is 0. The normalized spacial score (nSPS) is 0. The predicted octanol–water partition coefficient (Wildman–Crippen LogP) is -11.8. The molecule has 4 heteroatoms. The van der Waals surface area contributed by atoms with Gasteiger partial charge in [-0.3, -0.25) is 0 Å². The fourth-order valence-corrected chi connectivity index (χ4v) is 0. The van der Waals surface area contributed by atoms with Gasteiger partial charge < -0.3 is 7.56 Å². The molecule has 0 amide bonds. The second kappa shape index (κ2) is 16.4. The van der Waals surface area contributed by atoms with E-state index in [-0.39, 0.29) is 107 Å². The van der Waals surface area contributed by atoms with Gasteiger partial charge in [-0.2, -0.15) is 0 Å². The average molecular weight is 90.0 g/mol. The second-order valence-electron chi connectivity index (χ2n) is 0. The molecule has 12 valence electrons. The zero-order valence-electron chi connectivity index (χ0n) is 5.38. The van der Waals surface area contributed by atoms with Gasteiger partial charge >= 0.3 is 99.8 Å². The number of hydrogen-bond donors (Lipinski definition) is 0. The number of halogens is 1. The maximum Gasteiger partial charge on any atom is 1.00 e. The molecule has 0 aromatic heterocycles. The van der Waals surface area contributed by atoms with Gasteiger partial charge in [-0.15, -0.1) is 0 Å². The van der Waals surface area contributed by atoms with E-state index >= 15 is 0 Å². The third kappa shape index (κ3) is 8.94. The van der Waals surface area contributed by atoms with Gasteiger partial charge in [0.05, 0.1) is 0 Å². The van der Waals surface area contributed by atoms with Crippen molar-refractivity contribution in [1.82, 2.24) is 0 Å². The molecule has 0 aliphatic heterocycles. The molecule has 4 heavy (non-hydrogen) atoms. The van der Waals surface area contributed by atoms with E-state index in [1.165, 1.54) is 0 Å². The molecular formula is H2FKLiNa. The van der Waals surface area contributed by atoms with Gasteiger partial charge in [0.2, 0.25) is 0 Å². The maximum absolute atomic E-state index is 0.